The largest absolute Gasteiger partial charge is 0.487 e. The van der Waals surface area contributed by atoms with Crippen LogP contribution in [0.2, 0.25) is 15.1 Å². The number of hydrogen-bond acceptors (Lipinski definition) is 4. The van der Waals surface area contributed by atoms with Gasteiger partial charge in [-0.05, 0) is 59.7 Å². The van der Waals surface area contributed by atoms with Gasteiger partial charge < -0.3 is 4.74 Å². The third kappa shape index (κ3) is 5.20. The first-order valence-corrected chi connectivity index (χ1v) is 10.8. The number of nitrogens with one attached hydrogen (secondary N) is 1. The van der Waals surface area contributed by atoms with Crippen LogP contribution in [0.4, 0.5) is 10.5 Å². The maximum absolute atomic E-state index is 13.0. The van der Waals surface area contributed by atoms with Crippen LogP contribution in [0.15, 0.2) is 72.3 Å². The van der Waals surface area contributed by atoms with Crippen molar-refractivity contribution in [3.8, 4) is 5.75 Å². The van der Waals surface area contributed by atoms with E-state index in [0.717, 1.165) is 10.5 Å². The van der Waals surface area contributed by atoms with Gasteiger partial charge in [-0.2, -0.15) is 0 Å². The lowest BCUT2D eigenvalue weighted by atomic mass is 10.1. The number of carbonyl (C=O) groups is 3. The lowest BCUT2D eigenvalue weighted by molar-refractivity contribution is -0.122. The molecule has 0 atom stereocenters. The Labute approximate surface area is 204 Å². The number of carbonyl (C=O) groups excluding carboxylic acids is 3. The quantitative estimate of drug-likeness (QED) is 0.349. The Kier molecular flexibility index (Phi) is 6.70. The van der Waals surface area contributed by atoms with Gasteiger partial charge in [0.2, 0.25) is 0 Å². The molecule has 1 heterocycles. The van der Waals surface area contributed by atoms with Crippen molar-refractivity contribution in [3.63, 3.8) is 0 Å². The number of barbiturate groups is 1. The molecule has 4 amide bonds. The van der Waals surface area contributed by atoms with Crippen molar-refractivity contribution in [2.75, 3.05) is 4.90 Å². The van der Waals surface area contributed by atoms with Gasteiger partial charge >= 0.3 is 6.03 Å². The predicted octanol–water partition coefficient (Wildman–Crippen LogP) is 5.89. The molecule has 0 aromatic heterocycles. The van der Waals surface area contributed by atoms with Crippen LogP contribution in [0, 0.1) is 0 Å². The molecule has 0 spiro atoms. The van der Waals surface area contributed by atoms with Gasteiger partial charge in [-0.25, -0.2) is 9.69 Å². The van der Waals surface area contributed by atoms with Crippen molar-refractivity contribution in [2.45, 2.75) is 6.61 Å². The molecule has 9 heteroatoms. The Hall–Kier alpha value is -3.32. The molecule has 6 nitrogen and oxygen atoms in total. The Morgan fingerprint density at radius 2 is 1.61 bits per heavy atom. The van der Waals surface area contributed by atoms with E-state index in [2.05, 4.69) is 5.32 Å². The number of imide groups is 2. The molecule has 0 saturated carbocycles. The number of benzene rings is 3. The third-order valence-electron chi connectivity index (χ3n) is 4.72. The fraction of sp³-hybridized carbons (Fsp3) is 0.0417. The van der Waals surface area contributed by atoms with E-state index in [4.69, 9.17) is 39.5 Å². The molecule has 0 bridgehead atoms. The van der Waals surface area contributed by atoms with Crippen LogP contribution < -0.4 is 15.0 Å². The average Bonchev–Trinajstić information content (AvgIpc) is 2.76. The summed E-state index contributed by atoms with van der Waals surface area (Å²) >= 11 is 18.3. The molecule has 33 heavy (non-hydrogen) atoms. The smallest absolute Gasteiger partial charge is 0.335 e. The van der Waals surface area contributed by atoms with Gasteiger partial charge in [0.25, 0.3) is 11.8 Å². The van der Waals surface area contributed by atoms with Crippen molar-refractivity contribution in [1.82, 2.24) is 5.32 Å². The van der Waals surface area contributed by atoms with Crippen LogP contribution in [0.1, 0.15) is 11.1 Å². The number of urea groups is 1. The molecule has 1 aliphatic heterocycles. The van der Waals surface area contributed by atoms with Gasteiger partial charge in [-0.3, -0.25) is 14.9 Å². The summed E-state index contributed by atoms with van der Waals surface area (Å²) in [5.41, 5.74) is 1.37. The summed E-state index contributed by atoms with van der Waals surface area (Å²) in [6.07, 6.45) is 1.36. The standard InChI is InChI=1S/C24H15Cl3N2O4/c25-16-4-1-3-15(9-16)13-33-21-8-7-14(11-20(21)27)10-19-22(30)28-24(32)29(23(19)31)18-6-2-5-17(26)12-18/h1-12H,13H2,(H,28,30,32)/b19-10+. The highest BCUT2D eigenvalue weighted by atomic mass is 35.5. The second kappa shape index (κ2) is 9.67. The first-order chi connectivity index (χ1) is 15.8. The molecule has 3 aromatic rings. The Morgan fingerprint density at radius 3 is 2.30 bits per heavy atom. The number of amides is 4. The number of halogens is 3. The van der Waals surface area contributed by atoms with E-state index in [1.165, 1.54) is 12.1 Å². The molecule has 1 N–H and O–H groups in total. The monoisotopic (exact) mass is 500 g/mol. The highest BCUT2D eigenvalue weighted by Crippen LogP contribution is 2.29. The minimum Gasteiger partial charge on any atom is -0.487 e. The zero-order chi connectivity index (χ0) is 23.5. The average molecular weight is 502 g/mol. The summed E-state index contributed by atoms with van der Waals surface area (Å²) in [5, 5.41) is 3.40. The fourth-order valence-electron chi connectivity index (χ4n) is 3.19. The van der Waals surface area contributed by atoms with E-state index < -0.39 is 17.8 Å². The molecular weight excluding hydrogens is 487 g/mol. The summed E-state index contributed by atoms with van der Waals surface area (Å²) < 4.78 is 5.74. The van der Waals surface area contributed by atoms with E-state index >= 15 is 0 Å². The Morgan fingerprint density at radius 1 is 0.879 bits per heavy atom. The van der Waals surface area contributed by atoms with E-state index in [9.17, 15) is 14.4 Å². The third-order valence-corrected chi connectivity index (χ3v) is 5.48. The molecule has 0 radical (unpaired) electrons. The minimum atomic E-state index is -0.854. The van der Waals surface area contributed by atoms with Crippen molar-refractivity contribution in [2.24, 2.45) is 0 Å². The Bertz CT molecular complexity index is 1310. The van der Waals surface area contributed by atoms with Crippen molar-refractivity contribution in [1.29, 1.82) is 0 Å². The number of rotatable bonds is 5. The maximum atomic E-state index is 13.0. The first kappa shape index (κ1) is 22.9. The van der Waals surface area contributed by atoms with Crippen LogP contribution >= 0.6 is 34.8 Å². The lowest BCUT2D eigenvalue weighted by Gasteiger charge is -2.26. The van der Waals surface area contributed by atoms with Crippen molar-refractivity contribution in [3.05, 3.63) is 98.5 Å². The summed E-state index contributed by atoms with van der Waals surface area (Å²) in [6.45, 7) is 0.262. The molecule has 1 aliphatic rings. The second-order valence-electron chi connectivity index (χ2n) is 7.05. The zero-order valence-corrected chi connectivity index (χ0v) is 19.1. The first-order valence-electron chi connectivity index (χ1n) is 9.65. The summed E-state index contributed by atoms with van der Waals surface area (Å²) in [7, 11) is 0. The second-order valence-corrected chi connectivity index (χ2v) is 8.33. The molecule has 0 unspecified atom stereocenters. The fourth-order valence-corrected chi connectivity index (χ4v) is 3.83. The molecule has 0 aliphatic carbocycles. The van der Waals surface area contributed by atoms with E-state index in [1.54, 1.807) is 48.5 Å². The molecule has 1 fully saturated rings. The van der Waals surface area contributed by atoms with E-state index in [0.29, 0.717) is 21.4 Å². The van der Waals surface area contributed by atoms with Gasteiger partial charge in [0.15, 0.2) is 0 Å². The van der Waals surface area contributed by atoms with Gasteiger partial charge in [-0.15, -0.1) is 0 Å². The van der Waals surface area contributed by atoms with E-state index in [1.807, 2.05) is 12.1 Å². The van der Waals surface area contributed by atoms with Crippen LogP contribution in [0.5, 0.6) is 5.75 Å². The predicted molar refractivity (Wildman–Crippen MR) is 128 cm³/mol. The minimum absolute atomic E-state index is 0.224. The van der Waals surface area contributed by atoms with Crippen molar-refractivity contribution >= 4 is 64.4 Å². The van der Waals surface area contributed by atoms with Crippen molar-refractivity contribution < 1.29 is 19.1 Å². The molecule has 1 saturated heterocycles. The summed E-state index contributed by atoms with van der Waals surface area (Å²) in [6, 6.07) is 17.4. The van der Waals surface area contributed by atoms with Gasteiger partial charge in [0.05, 0.1) is 10.7 Å². The maximum Gasteiger partial charge on any atom is 0.335 e. The van der Waals surface area contributed by atoms with Crippen LogP contribution in [0.3, 0.4) is 0 Å². The van der Waals surface area contributed by atoms with Crippen LogP contribution in [0.25, 0.3) is 6.08 Å². The molecule has 166 valence electrons. The van der Waals surface area contributed by atoms with Gasteiger partial charge in [0, 0.05) is 10.0 Å². The number of anilines is 1. The van der Waals surface area contributed by atoms with Gasteiger partial charge in [-0.1, -0.05) is 59.1 Å². The number of hydrogen-bond donors (Lipinski definition) is 1. The number of nitrogens with zero attached hydrogens (tertiary/aromatic N) is 1. The van der Waals surface area contributed by atoms with Gasteiger partial charge in [0.1, 0.15) is 17.9 Å². The highest BCUT2D eigenvalue weighted by molar-refractivity contribution is 6.39. The van der Waals surface area contributed by atoms with Crippen LogP contribution in [-0.2, 0) is 16.2 Å². The van der Waals surface area contributed by atoms with E-state index in [-0.39, 0.29) is 22.9 Å². The van der Waals surface area contributed by atoms with Crippen LogP contribution in [-0.4, -0.2) is 17.8 Å². The lowest BCUT2D eigenvalue weighted by Crippen LogP contribution is -2.54. The number of ether oxygens (including phenoxy) is 1. The Balaban J connectivity index is 1.57. The zero-order valence-electron chi connectivity index (χ0n) is 16.8. The molecule has 4 rings (SSSR count). The topological polar surface area (TPSA) is 75.7 Å². The normalized spacial score (nSPS) is 15.1. The molecule has 3 aromatic carbocycles. The highest BCUT2D eigenvalue weighted by Gasteiger charge is 2.36. The summed E-state index contributed by atoms with van der Waals surface area (Å²) in [4.78, 5) is 38.5. The molecular formula is C24H15Cl3N2O4. The SMILES string of the molecule is O=C1NC(=O)N(c2cccc(Cl)c2)C(=O)/C1=C/c1ccc(OCc2cccc(Cl)c2)c(Cl)c1. The summed E-state index contributed by atoms with van der Waals surface area (Å²) in [5.74, 6) is -1.15.